The summed E-state index contributed by atoms with van der Waals surface area (Å²) in [7, 11) is 0. The molecule has 0 bridgehead atoms. The van der Waals surface area contributed by atoms with Gasteiger partial charge in [0.15, 0.2) is 0 Å². The number of piperazine rings is 1. The summed E-state index contributed by atoms with van der Waals surface area (Å²) in [4.78, 5) is 16.7. The van der Waals surface area contributed by atoms with Gasteiger partial charge in [-0.2, -0.15) is 13.2 Å². The van der Waals surface area contributed by atoms with E-state index in [9.17, 15) is 18.0 Å². The average molecular weight is 360 g/mol. The third-order valence-corrected chi connectivity index (χ3v) is 5.23. The molecule has 1 amide bonds. The van der Waals surface area contributed by atoms with Gasteiger partial charge in [0.1, 0.15) is 0 Å². The number of amides is 1. The maximum Gasteiger partial charge on any atom is 0.416 e. The van der Waals surface area contributed by atoms with Gasteiger partial charge in [-0.3, -0.25) is 9.69 Å². The number of alkyl halides is 3. The molecular weight excluding hydrogens is 341 g/mol. The van der Waals surface area contributed by atoms with Crippen LogP contribution in [-0.2, 0) is 19.1 Å². The highest BCUT2D eigenvalue weighted by atomic mass is 19.4. The Bertz CT molecular complexity index is 820. The summed E-state index contributed by atoms with van der Waals surface area (Å²) in [5, 5.41) is 0. The van der Waals surface area contributed by atoms with Crippen molar-refractivity contribution in [1.29, 1.82) is 0 Å². The summed E-state index contributed by atoms with van der Waals surface area (Å²) in [5.41, 5.74) is 0.836. The maximum absolute atomic E-state index is 13.4. The Labute approximate surface area is 150 Å². The zero-order valence-corrected chi connectivity index (χ0v) is 14.2. The van der Waals surface area contributed by atoms with Crippen LogP contribution in [-0.4, -0.2) is 41.4 Å². The molecule has 0 N–H and O–H groups in total. The zero-order valence-electron chi connectivity index (χ0n) is 14.2. The van der Waals surface area contributed by atoms with Crippen molar-refractivity contribution in [2.24, 2.45) is 0 Å². The van der Waals surface area contributed by atoms with Crippen LogP contribution >= 0.6 is 0 Å². The molecule has 4 rings (SSSR count). The van der Waals surface area contributed by atoms with E-state index in [4.69, 9.17) is 0 Å². The van der Waals surface area contributed by atoms with E-state index in [0.29, 0.717) is 13.1 Å². The molecule has 2 heterocycles. The average Bonchev–Trinajstić information content (AvgIpc) is 2.61. The van der Waals surface area contributed by atoms with Gasteiger partial charge in [-0.1, -0.05) is 36.4 Å². The minimum atomic E-state index is -4.44. The van der Waals surface area contributed by atoms with Crippen LogP contribution in [0.25, 0.3) is 0 Å². The molecule has 3 nitrogen and oxygen atoms in total. The lowest BCUT2D eigenvalue weighted by Crippen LogP contribution is -2.58. The predicted molar refractivity (Wildman–Crippen MR) is 91.7 cm³/mol. The Balaban J connectivity index is 1.59. The molecule has 6 heteroatoms. The number of fused-ring (bicyclic) bond motifs is 2. The summed E-state index contributed by atoms with van der Waals surface area (Å²) in [6.07, 6.45) is -4.19. The molecule has 0 aliphatic carbocycles. The maximum atomic E-state index is 13.4. The lowest BCUT2D eigenvalue weighted by Gasteiger charge is -2.44. The normalized spacial score (nSPS) is 20.7. The van der Waals surface area contributed by atoms with Crippen molar-refractivity contribution in [2.75, 3.05) is 19.6 Å². The Kier molecular flexibility index (Phi) is 4.23. The first kappa shape index (κ1) is 17.1. The van der Waals surface area contributed by atoms with Crippen LogP contribution in [0.1, 0.15) is 27.0 Å². The van der Waals surface area contributed by atoms with Gasteiger partial charge in [-0.25, -0.2) is 0 Å². The van der Waals surface area contributed by atoms with E-state index in [0.717, 1.165) is 19.2 Å². The minimum absolute atomic E-state index is 0.146. The smallest absolute Gasteiger partial charge is 0.333 e. The number of nitrogens with zero attached hydrogens (tertiary/aromatic N) is 2. The number of halogens is 3. The van der Waals surface area contributed by atoms with Gasteiger partial charge in [0.2, 0.25) is 0 Å². The molecule has 1 fully saturated rings. The zero-order chi connectivity index (χ0) is 18.3. The summed E-state index contributed by atoms with van der Waals surface area (Å²) >= 11 is 0. The van der Waals surface area contributed by atoms with Gasteiger partial charge >= 0.3 is 6.18 Å². The van der Waals surface area contributed by atoms with Crippen LogP contribution < -0.4 is 0 Å². The van der Waals surface area contributed by atoms with Crippen LogP contribution in [0, 0.1) is 0 Å². The Morgan fingerprint density at radius 2 is 1.77 bits per heavy atom. The first-order valence-electron chi connectivity index (χ1n) is 8.70. The second-order valence-electron chi connectivity index (χ2n) is 6.91. The van der Waals surface area contributed by atoms with E-state index in [1.54, 1.807) is 4.90 Å². The van der Waals surface area contributed by atoms with Crippen LogP contribution in [0.5, 0.6) is 0 Å². The molecular formula is C20H19F3N2O. The molecule has 26 heavy (non-hydrogen) atoms. The van der Waals surface area contributed by atoms with Gasteiger partial charge < -0.3 is 4.90 Å². The molecule has 2 aliphatic rings. The van der Waals surface area contributed by atoms with Gasteiger partial charge in [0, 0.05) is 37.8 Å². The van der Waals surface area contributed by atoms with E-state index < -0.39 is 11.7 Å². The number of rotatable bonds is 2. The third kappa shape index (κ3) is 3.09. The van der Waals surface area contributed by atoms with Crippen molar-refractivity contribution in [3.05, 3.63) is 70.8 Å². The first-order valence-corrected chi connectivity index (χ1v) is 8.70. The number of carbonyl (C=O) groups excluding carboxylic acids is 1. The minimum Gasteiger partial charge on any atom is -0.333 e. The van der Waals surface area contributed by atoms with Crippen molar-refractivity contribution < 1.29 is 18.0 Å². The monoisotopic (exact) mass is 360 g/mol. The van der Waals surface area contributed by atoms with E-state index in [1.165, 1.54) is 17.7 Å². The standard InChI is InChI=1S/C20H19F3N2O/c21-20(22,23)18-8-4-7-16-17(18)11-15-13-24(9-10-25(15)19(16)26)12-14-5-2-1-3-6-14/h1-8,15H,9-13H2. The second kappa shape index (κ2) is 6.43. The summed E-state index contributed by atoms with van der Waals surface area (Å²) in [6.45, 7) is 2.61. The molecule has 136 valence electrons. The molecule has 2 aromatic rings. The Morgan fingerprint density at radius 1 is 1.00 bits per heavy atom. The second-order valence-corrected chi connectivity index (χ2v) is 6.91. The molecule has 2 aromatic carbocycles. The van der Waals surface area contributed by atoms with Gasteiger partial charge in [-0.05, 0) is 29.7 Å². The summed E-state index contributed by atoms with van der Waals surface area (Å²) in [5.74, 6) is -0.276. The largest absolute Gasteiger partial charge is 0.416 e. The number of hydrogen-bond donors (Lipinski definition) is 0. The van der Waals surface area contributed by atoms with Crippen LogP contribution in [0.2, 0.25) is 0 Å². The molecule has 1 saturated heterocycles. The SMILES string of the molecule is O=C1c2cccc(C(F)(F)F)c2CC2CN(Cc3ccccc3)CCN12. The first-order chi connectivity index (χ1) is 12.4. The molecule has 0 saturated carbocycles. The van der Waals surface area contributed by atoms with E-state index in [2.05, 4.69) is 4.90 Å². The van der Waals surface area contributed by atoms with Crippen LogP contribution in [0.15, 0.2) is 48.5 Å². The van der Waals surface area contributed by atoms with E-state index in [-0.39, 0.29) is 29.5 Å². The van der Waals surface area contributed by atoms with Crippen molar-refractivity contribution in [3.8, 4) is 0 Å². The molecule has 0 aromatic heterocycles. The Hall–Kier alpha value is -2.34. The van der Waals surface area contributed by atoms with Crippen molar-refractivity contribution in [2.45, 2.75) is 25.2 Å². The van der Waals surface area contributed by atoms with Crippen LogP contribution in [0.4, 0.5) is 13.2 Å². The fourth-order valence-corrected chi connectivity index (χ4v) is 4.01. The van der Waals surface area contributed by atoms with Crippen molar-refractivity contribution in [1.82, 2.24) is 9.80 Å². The highest BCUT2D eigenvalue weighted by molar-refractivity contribution is 5.97. The summed E-state index contributed by atoms with van der Waals surface area (Å²) in [6, 6.07) is 13.7. The van der Waals surface area contributed by atoms with Gasteiger partial charge in [0.25, 0.3) is 5.91 Å². The molecule has 0 spiro atoms. The lowest BCUT2D eigenvalue weighted by molar-refractivity contribution is -0.138. The molecule has 1 unspecified atom stereocenters. The summed E-state index contributed by atoms with van der Waals surface area (Å²) < 4.78 is 40.1. The van der Waals surface area contributed by atoms with Crippen LogP contribution in [0.3, 0.4) is 0 Å². The fourth-order valence-electron chi connectivity index (χ4n) is 4.01. The number of hydrogen-bond acceptors (Lipinski definition) is 2. The number of benzene rings is 2. The Morgan fingerprint density at radius 3 is 2.50 bits per heavy atom. The molecule has 2 aliphatic heterocycles. The topological polar surface area (TPSA) is 23.6 Å². The van der Waals surface area contributed by atoms with E-state index >= 15 is 0 Å². The van der Waals surface area contributed by atoms with Gasteiger partial charge in [0.05, 0.1) is 5.56 Å². The van der Waals surface area contributed by atoms with Gasteiger partial charge in [-0.15, -0.1) is 0 Å². The molecule has 1 atom stereocenters. The quantitative estimate of drug-likeness (QED) is 0.817. The third-order valence-electron chi connectivity index (χ3n) is 5.23. The van der Waals surface area contributed by atoms with Crippen molar-refractivity contribution >= 4 is 5.91 Å². The fraction of sp³-hybridized carbons (Fsp3) is 0.350. The molecule has 0 radical (unpaired) electrons. The lowest BCUT2D eigenvalue weighted by atomic mass is 9.88. The number of carbonyl (C=O) groups is 1. The van der Waals surface area contributed by atoms with Crippen molar-refractivity contribution in [3.63, 3.8) is 0 Å². The highest BCUT2D eigenvalue weighted by Crippen LogP contribution is 2.37. The highest BCUT2D eigenvalue weighted by Gasteiger charge is 2.41. The predicted octanol–water partition coefficient (Wildman–Crippen LogP) is 3.59. The van der Waals surface area contributed by atoms with E-state index in [1.807, 2.05) is 30.3 Å².